The predicted molar refractivity (Wildman–Crippen MR) is 51.5 cm³/mol. The minimum atomic E-state index is 0.519. The van der Waals surface area contributed by atoms with Gasteiger partial charge in [0.15, 0.2) is 0 Å². The van der Waals surface area contributed by atoms with E-state index >= 15 is 0 Å². The van der Waals surface area contributed by atoms with Crippen molar-refractivity contribution in [2.45, 2.75) is 25.8 Å². The lowest BCUT2D eigenvalue weighted by Crippen LogP contribution is -2.37. The standard InChI is InChI=1S/C9H16ClNO/c1-8(5-10)6-11-9-3-2-4-12-7-9/h5,9,11H,2-4,6-7H2,1H3. The molecule has 0 radical (unpaired) electrons. The minimum absolute atomic E-state index is 0.519. The maximum absolute atomic E-state index is 5.54. The van der Waals surface area contributed by atoms with E-state index in [9.17, 15) is 0 Å². The van der Waals surface area contributed by atoms with E-state index < -0.39 is 0 Å². The summed E-state index contributed by atoms with van der Waals surface area (Å²) in [5, 5.41) is 3.39. The summed E-state index contributed by atoms with van der Waals surface area (Å²) >= 11 is 5.54. The van der Waals surface area contributed by atoms with Crippen LogP contribution in [0.1, 0.15) is 19.8 Å². The molecule has 1 rings (SSSR count). The molecule has 1 unspecified atom stereocenters. The predicted octanol–water partition coefficient (Wildman–Crippen LogP) is 1.90. The molecule has 0 amide bonds. The Morgan fingerprint density at radius 2 is 2.58 bits per heavy atom. The summed E-state index contributed by atoms with van der Waals surface area (Å²) in [7, 11) is 0. The van der Waals surface area contributed by atoms with Gasteiger partial charge >= 0.3 is 0 Å². The fraction of sp³-hybridized carbons (Fsp3) is 0.778. The molecule has 1 N–H and O–H groups in total. The number of hydrogen-bond donors (Lipinski definition) is 1. The normalized spacial score (nSPS) is 25.8. The molecule has 1 aliphatic heterocycles. The van der Waals surface area contributed by atoms with Crippen LogP contribution < -0.4 is 5.32 Å². The van der Waals surface area contributed by atoms with Gasteiger partial charge in [-0.3, -0.25) is 0 Å². The molecule has 0 saturated carbocycles. The molecule has 0 aromatic carbocycles. The summed E-state index contributed by atoms with van der Waals surface area (Å²) in [4.78, 5) is 0. The average molecular weight is 190 g/mol. The molecule has 1 saturated heterocycles. The molecule has 0 bridgehead atoms. The van der Waals surface area contributed by atoms with Crippen molar-refractivity contribution in [2.75, 3.05) is 19.8 Å². The molecule has 1 atom stereocenters. The summed E-state index contributed by atoms with van der Waals surface area (Å²) in [5.41, 5.74) is 2.79. The molecular weight excluding hydrogens is 174 g/mol. The van der Waals surface area contributed by atoms with Crippen molar-refractivity contribution in [1.29, 1.82) is 0 Å². The lowest BCUT2D eigenvalue weighted by atomic mass is 10.1. The van der Waals surface area contributed by atoms with E-state index in [1.807, 2.05) is 6.92 Å². The highest BCUT2D eigenvalue weighted by Gasteiger charge is 2.12. The molecule has 1 fully saturated rings. The molecule has 3 heteroatoms. The number of halogens is 1. The third-order valence-corrected chi connectivity index (χ3v) is 2.39. The monoisotopic (exact) mass is 189 g/mol. The lowest BCUT2D eigenvalue weighted by Gasteiger charge is -2.23. The first-order valence-corrected chi connectivity index (χ1v) is 4.83. The fourth-order valence-corrected chi connectivity index (χ4v) is 1.32. The maximum atomic E-state index is 5.54. The van der Waals surface area contributed by atoms with Crippen molar-refractivity contribution in [3.63, 3.8) is 0 Å². The van der Waals surface area contributed by atoms with Gasteiger partial charge in [0, 0.05) is 24.7 Å². The van der Waals surface area contributed by atoms with E-state index in [0.29, 0.717) is 6.04 Å². The molecule has 0 aromatic heterocycles. The summed E-state index contributed by atoms with van der Waals surface area (Å²) < 4.78 is 5.33. The van der Waals surface area contributed by atoms with Crippen molar-refractivity contribution in [1.82, 2.24) is 5.32 Å². The van der Waals surface area contributed by atoms with Gasteiger partial charge in [0.25, 0.3) is 0 Å². The van der Waals surface area contributed by atoms with Crippen LogP contribution in [0.4, 0.5) is 0 Å². The van der Waals surface area contributed by atoms with Crippen molar-refractivity contribution < 1.29 is 4.74 Å². The Kier molecular flexibility index (Phi) is 4.66. The van der Waals surface area contributed by atoms with Gasteiger partial charge in [-0.2, -0.15) is 0 Å². The van der Waals surface area contributed by atoms with Gasteiger partial charge in [0.1, 0.15) is 0 Å². The van der Waals surface area contributed by atoms with Crippen molar-refractivity contribution in [3.05, 3.63) is 11.1 Å². The SMILES string of the molecule is CC(=CCl)CNC1CCCOC1. The minimum Gasteiger partial charge on any atom is -0.380 e. The summed E-state index contributed by atoms with van der Waals surface area (Å²) in [6.45, 7) is 4.65. The zero-order valence-corrected chi connectivity index (χ0v) is 8.23. The fourth-order valence-electron chi connectivity index (χ4n) is 1.25. The molecular formula is C9H16ClNO. The van der Waals surface area contributed by atoms with Crippen LogP contribution in [0.3, 0.4) is 0 Å². The van der Waals surface area contributed by atoms with Gasteiger partial charge in [-0.1, -0.05) is 11.6 Å². The Bertz CT molecular complexity index is 153. The molecule has 0 aromatic rings. The van der Waals surface area contributed by atoms with Crippen LogP contribution >= 0.6 is 11.6 Å². The van der Waals surface area contributed by atoms with E-state index in [1.54, 1.807) is 5.54 Å². The highest BCUT2D eigenvalue weighted by Crippen LogP contribution is 2.06. The van der Waals surface area contributed by atoms with Crippen LogP contribution in [0.5, 0.6) is 0 Å². The van der Waals surface area contributed by atoms with Crippen LogP contribution in [-0.4, -0.2) is 25.8 Å². The molecule has 1 heterocycles. The Labute approximate surface area is 78.9 Å². The van der Waals surface area contributed by atoms with Crippen LogP contribution in [0.15, 0.2) is 11.1 Å². The Hall–Kier alpha value is -0.0500. The van der Waals surface area contributed by atoms with Crippen LogP contribution in [0.2, 0.25) is 0 Å². The zero-order valence-electron chi connectivity index (χ0n) is 7.48. The van der Waals surface area contributed by atoms with Crippen molar-refractivity contribution >= 4 is 11.6 Å². The van der Waals surface area contributed by atoms with Crippen LogP contribution in [-0.2, 0) is 4.74 Å². The first-order valence-electron chi connectivity index (χ1n) is 4.40. The molecule has 70 valence electrons. The summed E-state index contributed by atoms with van der Waals surface area (Å²) in [5.74, 6) is 0. The van der Waals surface area contributed by atoms with Gasteiger partial charge in [0.2, 0.25) is 0 Å². The van der Waals surface area contributed by atoms with Crippen LogP contribution in [0, 0.1) is 0 Å². The Balaban J connectivity index is 2.13. The largest absolute Gasteiger partial charge is 0.380 e. The van der Waals surface area contributed by atoms with E-state index in [2.05, 4.69) is 5.32 Å². The number of ether oxygens (including phenoxy) is 1. The first kappa shape index (κ1) is 10.0. The third-order valence-electron chi connectivity index (χ3n) is 2.02. The second-order valence-electron chi connectivity index (χ2n) is 3.25. The van der Waals surface area contributed by atoms with E-state index in [4.69, 9.17) is 16.3 Å². The maximum Gasteiger partial charge on any atom is 0.0619 e. The Morgan fingerprint density at radius 1 is 1.75 bits per heavy atom. The van der Waals surface area contributed by atoms with E-state index in [1.165, 1.54) is 18.4 Å². The summed E-state index contributed by atoms with van der Waals surface area (Å²) in [6, 6.07) is 0.519. The molecule has 0 aliphatic carbocycles. The second-order valence-corrected chi connectivity index (χ2v) is 3.47. The number of hydrogen-bond acceptors (Lipinski definition) is 2. The third kappa shape index (κ3) is 3.57. The number of rotatable bonds is 3. The van der Waals surface area contributed by atoms with Crippen molar-refractivity contribution in [2.24, 2.45) is 0 Å². The van der Waals surface area contributed by atoms with Gasteiger partial charge < -0.3 is 10.1 Å². The smallest absolute Gasteiger partial charge is 0.0619 e. The quantitative estimate of drug-likeness (QED) is 0.733. The highest BCUT2D eigenvalue weighted by molar-refractivity contribution is 6.25. The zero-order chi connectivity index (χ0) is 8.81. The molecule has 0 spiro atoms. The van der Waals surface area contributed by atoms with E-state index in [0.717, 1.165) is 19.8 Å². The summed E-state index contributed by atoms with van der Waals surface area (Å²) in [6.07, 6.45) is 2.39. The van der Waals surface area contributed by atoms with Gasteiger partial charge in [0.05, 0.1) is 6.61 Å². The topological polar surface area (TPSA) is 21.3 Å². The van der Waals surface area contributed by atoms with E-state index in [-0.39, 0.29) is 0 Å². The van der Waals surface area contributed by atoms with Gasteiger partial charge in [-0.25, -0.2) is 0 Å². The first-order chi connectivity index (χ1) is 5.83. The lowest BCUT2D eigenvalue weighted by molar-refractivity contribution is 0.0715. The highest BCUT2D eigenvalue weighted by atomic mass is 35.5. The number of nitrogens with one attached hydrogen (secondary N) is 1. The average Bonchev–Trinajstić information content (AvgIpc) is 2.16. The van der Waals surface area contributed by atoms with Gasteiger partial charge in [-0.05, 0) is 25.3 Å². The Morgan fingerprint density at radius 3 is 3.17 bits per heavy atom. The van der Waals surface area contributed by atoms with Crippen LogP contribution in [0.25, 0.3) is 0 Å². The van der Waals surface area contributed by atoms with Gasteiger partial charge in [-0.15, -0.1) is 0 Å². The molecule has 12 heavy (non-hydrogen) atoms. The molecule has 2 nitrogen and oxygen atoms in total. The second kappa shape index (κ2) is 5.57. The molecule has 1 aliphatic rings. The van der Waals surface area contributed by atoms with Crippen molar-refractivity contribution in [3.8, 4) is 0 Å².